The van der Waals surface area contributed by atoms with Gasteiger partial charge in [-0.05, 0) is 42.7 Å². The van der Waals surface area contributed by atoms with Crippen molar-refractivity contribution in [1.82, 2.24) is 5.32 Å². The molecule has 0 radical (unpaired) electrons. The Morgan fingerprint density at radius 1 is 1.11 bits per heavy atom. The number of benzene rings is 2. The predicted octanol–water partition coefficient (Wildman–Crippen LogP) is 5.49. The minimum absolute atomic E-state index is 0.174. The number of anilines is 1. The second-order valence-electron chi connectivity index (χ2n) is 6.29. The van der Waals surface area contributed by atoms with Gasteiger partial charge in [0.05, 0.1) is 0 Å². The van der Waals surface area contributed by atoms with Crippen LogP contribution in [0.25, 0.3) is 0 Å². The zero-order valence-corrected chi connectivity index (χ0v) is 15.7. The fourth-order valence-electron chi connectivity index (χ4n) is 2.66. The van der Waals surface area contributed by atoms with E-state index in [2.05, 4.69) is 12.2 Å². The molecule has 0 aliphatic carbocycles. The molecule has 0 fully saturated rings. The number of hydrogen-bond acceptors (Lipinski definition) is 3. The summed E-state index contributed by atoms with van der Waals surface area (Å²) < 4.78 is 50.7. The van der Waals surface area contributed by atoms with Crippen molar-refractivity contribution in [1.29, 1.82) is 0 Å². The molecule has 150 valence electrons. The summed E-state index contributed by atoms with van der Waals surface area (Å²) in [5.41, 5.74) is 1.42. The first-order valence-electron chi connectivity index (χ1n) is 8.65. The topological polar surface area (TPSA) is 59.6 Å². The number of aryl methyl sites for hydroxylation is 1. The molecule has 1 aliphatic rings. The van der Waals surface area contributed by atoms with Crippen LogP contribution in [0.15, 0.2) is 42.5 Å². The number of urea groups is 1. The van der Waals surface area contributed by atoms with Gasteiger partial charge >= 0.3 is 18.1 Å². The van der Waals surface area contributed by atoms with Crippen LogP contribution in [0.4, 0.5) is 23.7 Å². The molecule has 0 saturated carbocycles. The number of fused-ring (bicyclic) bond motifs is 1. The summed E-state index contributed by atoms with van der Waals surface area (Å²) in [6.45, 7) is 2.08. The van der Waals surface area contributed by atoms with Gasteiger partial charge in [0.2, 0.25) is 0 Å². The smallest absolute Gasteiger partial charge is 0.424 e. The van der Waals surface area contributed by atoms with Crippen LogP contribution >= 0.6 is 11.6 Å². The van der Waals surface area contributed by atoms with E-state index in [4.69, 9.17) is 21.1 Å². The second-order valence-corrected chi connectivity index (χ2v) is 6.73. The zero-order chi connectivity index (χ0) is 20.4. The molecule has 0 bridgehead atoms. The molecule has 0 saturated heterocycles. The molecule has 5 nitrogen and oxygen atoms in total. The van der Waals surface area contributed by atoms with E-state index >= 15 is 0 Å². The van der Waals surface area contributed by atoms with Crippen LogP contribution in [0.3, 0.4) is 0 Å². The molecule has 0 unspecified atom stereocenters. The van der Waals surface area contributed by atoms with Gasteiger partial charge in [0.25, 0.3) is 0 Å². The number of nitrogens with one attached hydrogen (secondary N) is 2. The molecule has 1 aliphatic heterocycles. The molecule has 3 rings (SSSR count). The Hall–Kier alpha value is -2.61. The van der Waals surface area contributed by atoms with E-state index in [0.29, 0.717) is 5.69 Å². The summed E-state index contributed by atoms with van der Waals surface area (Å²) in [6.07, 6.45) is -2.07. The quantitative estimate of drug-likeness (QED) is 0.680. The maximum absolute atomic E-state index is 13.6. The van der Waals surface area contributed by atoms with Crippen LogP contribution in [0.5, 0.6) is 11.5 Å². The predicted molar refractivity (Wildman–Crippen MR) is 98.7 cm³/mol. The number of alkyl halides is 3. The first-order chi connectivity index (χ1) is 13.2. The van der Waals surface area contributed by atoms with Crippen molar-refractivity contribution in [3.8, 4) is 11.5 Å². The summed E-state index contributed by atoms with van der Waals surface area (Å²) >= 11 is 5.77. The molecule has 1 atom stereocenters. The third-order valence-electron chi connectivity index (χ3n) is 4.10. The Balaban J connectivity index is 1.71. The highest BCUT2D eigenvalue weighted by molar-refractivity contribution is 6.30. The Morgan fingerprint density at radius 3 is 2.43 bits per heavy atom. The summed E-state index contributed by atoms with van der Waals surface area (Å²) in [4.78, 5) is 12.2. The summed E-state index contributed by atoms with van der Waals surface area (Å²) in [7, 11) is 0. The summed E-state index contributed by atoms with van der Waals surface area (Å²) in [5.74, 6) is -3.74. The minimum Gasteiger partial charge on any atom is -0.424 e. The van der Waals surface area contributed by atoms with E-state index < -0.39 is 18.1 Å². The van der Waals surface area contributed by atoms with Crippen LogP contribution in [-0.2, 0) is 6.42 Å². The van der Waals surface area contributed by atoms with Gasteiger partial charge in [0.1, 0.15) is 0 Å². The van der Waals surface area contributed by atoms with E-state index in [1.165, 1.54) is 18.2 Å². The lowest BCUT2D eigenvalue weighted by Crippen LogP contribution is -2.65. The molecule has 9 heteroatoms. The van der Waals surface area contributed by atoms with Gasteiger partial charge < -0.3 is 14.8 Å². The Morgan fingerprint density at radius 2 is 1.79 bits per heavy atom. The van der Waals surface area contributed by atoms with Gasteiger partial charge in [0.15, 0.2) is 11.5 Å². The van der Waals surface area contributed by atoms with E-state index in [-0.39, 0.29) is 16.5 Å². The lowest BCUT2D eigenvalue weighted by molar-refractivity contribution is -0.317. The van der Waals surface area contributed by atoms with Crippen molar-refractivity contribution in [2.45, 2.75) is 38.3 Å². The first kappa shape index (κ1) is 20.1. The maximum Gasteiger partial charge on any atom is 0.492 e. The van der Waals surface area contributed by atoms with E-state index in [1.807, 2.05) is 12.1 Å². The van der Waals surface area contributed by atoms with E-state index in [9.17, 15) is 18.0 Å². The Bertz CT molecular complexity index is 858. The number of rotatable bonds is 5. The van der Waals surface area contributed by atoms with Crippen LogP contribution in [0.2, 0.25) is 5.02 Å². The normalized spacial score (nSPS) is 18.0. The molecular formula is C19H18ClF3N2O3. The van der Waals surface area contributed by atoms with Gasteiger partial charge in [-0.15, -0.1) is 0 Å². The molecule has 1 heterocycles. The zero-order valence-electron chi connectivity index (χ0n) is 14.9. The second kappa shape index (κ2) is 7.79. The SMILES string of the molecule is CCCCc1ccc(NC(=O)N[C@@]2(C(F)(F)F)Oc3ccc(Cl)cc3O2)cc1. The average Bonchev–Trinajstić information content (AvgIpc) is 2.99. The number of hydrogen-bond donors (Lipinski definition) is 2. The third kappa shape index (κ3) is 4.27. The van der Waals surface area contributed by atoms with E-state index in [0.717, 1.165) is 24.8 Å². The molecule has 2 aromatic carbocycles. The molecule has 0 aromatic heterocycles. The van der Waals surface area contributed by atoms with Crippen LogP contribution in [-0.4, -0.2) is 18.1 Å². The molecule has 2 N–H and O–H groups in total. The average molecular weight is 415 g/mol. The molecular weight excluding hydrogens is 397 g/mol. The van der Waals surface area contributed by atoms with Gasteiger partial charge in [-0.1, -0.05) is 37.1 Å². The highest BCUT2D eigenvalue weighted by atomic mass is 35.5. The third-order valence-corrected chi connectivity index (χ3v) is 4.33. The largest absolute Gasteiger partial charge is 0.492 e. The fourth-order valence-corrected chi connectivity index (χ4v) is 2.82. The van der Waals surface area contributed by atoms with Gasteiger partial charge in [-0.2, -0.15) is 13.2 Å². The fraction of sp³-hybridized carbons (Fsp3) is 0.316. The van der Waals surface area contributed by atoms with Crippen molar-refractivity contribution in [2.75, 3.05) is 5.32 Å². The van der Waals surface area contributed by atoms with Crippen LogP contribution in [0, 0.1) is 0 Å². The van der Waals surface area contributed by atoms with Crippen molar-refractivity contribution in [2.24, 2.45) is 0 Å². The molecule has 28 heavy (non-hydrogen) atoms. The van der Waals surface area contributed by atoms with Gasteiger partial charge in [-0.25, -0.2) is 4.79 Å². The first-order valence-corrected chi connectivity index (χ1v) is 9.02. The summed E-state index contributed by atoms with van der Waals surface area (Å²) in [5, 5.41) is 4.26. The number of carbonyl (C=O) groups excluding carboxylic acids is 1. The lowest BCUT2D eigenvalue weighted by atomic mass is 10.1. The van der Waals surface area contributed by atoms with Gasteiger partial charge in [0, 0.05) is 16.8 Å². The highest BCUT2D eigenvalue weighted by Gasteiger charge is 2.65. The van der Waals surface area contributed by atoms with Crippen LogP contribution < -0.4 is 20.1 Å². The Kier molecular flexibility index (Phi) is 5.60. The standard InChI is InChI=1S/C19H18ClF3N2O3/c1-2-3-4-12-5-8-14(9-6-12)24-17(26)25-19(18(21,22)23)27-15-10-7-13(20)11-16(15)28-19/h5-11H,2-4H2,1H3,(H2,24,25,26)/t19-/m0/s1. The Labute approximate surface area is 164 Å². The van der Waals surface area contributed by atoms with Crippen molar-refractivity contribution in [3.63, 3.8) is 0 Å². The molecule has 0 spiro atoms. The molecule has 2 amide bonds. The number of halogens is 4. The monoisotopic (exact) mass is 414 g/mol. The number of ether oxygens (including phenoxy) is 2. The number of amides is 2. The number of unbranched alkanes of at least 4 members (excludes halogenated alkanes) is 1. The minimum atomic E-state index is -5.04. The van der Waals surface area contributed by atoms with Crippen LogP contribution in [0.1, 0.15) is 25.3 Å². The van der Waals surface area contributed by atoms with Crippen molar-refractivity contribution in [3.05, 3.63) is 53.1 Å². The number of carbonyl (C=O) groups is 1. The van der Waals surface area contributed by atoms with E-state index in [1.54, 1.807) is 17.4 Å². The van der Waals surface area contributed by atoms with Gasteiger partial charge in [-0.3, -0.25) is 5.32 Å². The van der Waals surface area contributed by atoms with Crippen molar-refractivity contribution < 1.29 is 27.4 Å². The lowest BCUT2D eigenvalue weighted by Gasteiger charge is -2.29. The van der Waals surface area contributed by atoms with Crippen molar-refractivity contribution >= 4 is 23.3 Å². The maximum atomic E-state index is 13.6. The highest BCUT2D eigenvalue weighted by Crippen LogP contribution is 2.46. The summed E-state index contributed by atoms with van der Waals surface area (Å²) in [6, 6.07) is 9.51. The molecule has 2 aromatic rings.